The minimum Gasteiger partial charge on any atom is -0.484 e. The first-order valence-electron chi connectivity index (χ1n) is 8.79. The molecule has 7 nitrogen and oxygen atoms in total. The van der Waals surface area contributed by atoms with Gasteiger partial charge >= 0.3 is 0 Å². The molecule has 1 aromatic heterocycles. The summed E-state index contributed by atoms with van der Waals surface area (Å²) in [5.41, 5.74) is 5.77. The van der Waals surface area contributed by atoms with Crippen LogP contribution in [0.25, 0.3) is 0 Å². The van der Waals surface area contributed by atoms with Gasteiger partial charge in [-0.3, -0.25) is 9.59 Å². The molecule has 3 N–H and O–H groups in total. The lowest BCUT2D eigenvalue weighted by Gasteiger charge is -2.12. The smallest absolute Gasteiger partial charge is 0.263 e. The van der Waals surface area contributed by atoms with E-state index in [-0.39, 0.29) is 24.7 Å². The zero-order valence-electron chi connectivity index (χ0n) is 15.6. The lowest BCUT2D eigenvalue weighted by molar-refractivity contribution is -0.118. The molecule has 1 heterocycles. The molecule has 0 saturated carbocycles. The fourth-order valence-corrected chi connectivity index (χ4v) is 2.67. The van der Waals surface area contributed by atoms with Crippen molar-refractivity contribution in [3.8, 4) is 17.4 Å². The van der Waals surface area contributed by atoms with Crippen LogP contribution >= 0.6 is 23.2 Å². The molecule has 3 aromatic rings. The Balaban J connectivity index is 1.70. The van der Waals surface area contributed by atoms with Crippen LogP contribution in [0.2, 0.25) is 10.0 Å². The molecule has 0 radical (unpaired) electrons. The molecular formula is C21H17Cl2N3O4. The van der Waals surface area contributed by atoms with Crippen molar-refractivity contribution in [2.75, 3.05) is 11.9 Å². The van der Waals surface area contributed by atoms with E-state index in [2.05, 4.69) is 10.3 Å². The van der Waals surface area contributed by atoms with E-state index in [1.54, 1.807) is 60.7 Å². The van der Waals surface area contributed by atoms with E-state index >= 15 is 0 Å². The number of carbonyl (C=O) groups excluding carboxylic acids is 2. The number of benzene rings is 2. The highest BCUT2D eigenvalue weighted by molar-refractivity contribution is 6.30. The Kier molecular flexibility index (Phi) is 7.11. The second-order valence-electron chi connectivity index (χ2n) is 6.15. The number of hydrogen-bond acceptors (Lipinski definition) is 5. The average Bonchev–Trinajstić information content (AvgIpc) is 2.71. The third-order valence-electron chi connectivity index (χ3n) is 3.78. The normalized spacial score (nSPS) is 10.3. The summed E-state index contributed by atoms with van der Waals surface area (Å²) in [5.74, 6) is 0.395. The van der Waals surface area contributed by atoms with Crippen LogP contribution in [0.1, 0.15) is 5.56 Å². The first-order valence-corrected chi connectivity index (χ1v) is 9.54. The quantitative estimate of drug-likeness (QED) is 0.539. The van der Waals surface area contributed by atoms with Crippen LogP contribution < -0.4 is 20.5 Å². The van der Waals surface area contributed by atoms with E-state index in [9.17, 15) is 9.59 Å². The molecule has 0 fully saturated rings. The van der Waals surface area contributed by atoms with Gasteiger partial charge in [-0.25, -0.2) is 0 Å². The number of carbonyl (C=O) groups is 2. The topological polar surface area (TPSA) is 104 Å². The van der Waals surface area contributed by atoms with Gasteiger partial charge in [0.15, 0.2) is 6.61 Å². The fourth-order valence-electron chi connectivity index (χ4n) is 2.42. The van der Waals surface area contributed by atoms with Crippen molar-refractivity contribution >= 4 is 40.8 Å². The second-order valence-corrected chi connectivity index (χ2v) is 7.02. The molecule has 0 atom stereocenters. The van der Waals surface area contributed by atoms with Crippen molar-refractivity contribution in [3.05, 3.63) is 76.3 Å². The van der Waals surface area contributed by atoms with Crippen molar-refractivity contribution in [1.29, 1.82) is 0 Å². The van der Waals surface area contributed by atoms with Gasteiger partial charge in [0.25, 0.3) is 5.91 Å². The summed E-state index contributed by atoms with van der Waals surface area (Å²) in [6, 6.07) is 16.4. The molecule has 0 aliphatic rings. The largest absolute Gasteiger partial charge is 0.484 e. The molecule has 2 amide bonds. The van der Waals surface area contributed by atoms with Crippen molar-refractivity contribution in [2.45, 2.75) is 6.42 Å². The zero-order chi connectivity index (χ0) is 21.5. The lowest BCUT2D eigenvalue weighted by Crippen LogP contribution is -2.21. The van der Waals surface area contributed by atoms with Crippen LogP contribution in [-0.2, 0) is 16.0 Å². The SMILES string of the molecule is NC(=O)Cc1ccc(NC(=O)COc2ccc(Cl)cc2)nc1Oc1ccc(Cl)cc1. The summed E-state index contributed by atoms with van der Waals surface area (Å²) in [4.78, 5) is 27.8. The number of nitrogens with one attached hydrogen (secondary N) is 1. The average molecular weight is 446 g/mol. The first-order chi connectivity index (χ1) is 14.4. The van der Waals surface area contributed by atoms with Crippen LogP contribution in [-0.4, -0.2) is 23.4 Å². The first kappa shape index (κ1) is 21.4. The monoisotopic (exact) mass is 445 g/mol. The summed E-state index contributed by atoms with van der Waals surface area (Å²) in [6.45, 7) is -0.222. The highest BCUT2D eigenvalue weighted by Crippen LogP contribution is 2.26. The van der Waals surface area contributed by atoms with Crippen LogP contribution in [0.3, 0.4) is 0 Å². The molecule has 0 spiro atoms. The van der Waals surface area contributed by atoms with Crippen LogP contribution in [0.4, 0.5) is 5.82 Å². The number of ether oxygens (including phenoxy) is 2. The zero-order valence-corrected chi connectivity index (χ0v) is 17.1. The number of primary amides is 1. The molecule has 3 rings (SSSR count). The van der Waals surface area contributed by atoms with Crippen molar-refractivity contribution < 1.29 is 19.1 Å². The third kappa shape index (κ3) is 6.37. The Morgan fingerprint density at radius 2 is 1.50 bits per heavy atom. The highest BCUT2D eigenvalue weighted by atomic mass is 35.5. The Morgan fingerprint density at radius 3 is 2.10 bits per heavy atom. The summed E-state index contributed by atoms with van der Waals surface area (Å²) >= 11 is 11.7. The molecule has 0 aliphatic heterocycles. The van der Waals surface area contributed by atoms with E-state index < -0.39 is 11.8 Å². The Bertz CT molecular complexity index is 1040. The van der Waals surface area contributed by atoms with Gasteiger partial charge in [-0.1, -0.05) is 23.2 Å². The number of halogens is 2. The molecule has 0 saturated heterocycles. The summed E-state index contributed by atoms with van der Waals surface area (Å²) < 4.78 is 11.2. The molecule has 30 heavy (non-hydrogen) atoms. The summed E-state index contributed by atoms with van der Waals surface area (Å²) in [5, 5.41) is 3.74. The number of amides is 2. The number of hydrogen-bond donors (Lipinski definition) is 2. The van der Waals surface area contributed by atoms with Gasteiger partial charge in [-0.05, 0) is 60.7 Å². The number of pyridine rings is 1. The minimum atomic E-state index is -0.536. The number of aromatic nitrogens is 1. The lowest BCUT2D eigenvalue weighted by atomic mass is 10.2. The number of nitrogens with zero attached hydrogens (tertiary/aromatic N) is 1. The maximum absolute atomic E-state index is 12.2. The third-order valence-corrected chi connectivity index (χ3v) is 4.29. The maximum atomic E-state index is 12.2. The molecule has 0 unspecified atom stereocenters. The van der Waals surface area contributed by atoms with Gasteiger partial charge in [-0.15, -0.1) is 0 Å². The molecule has 2 aromatic carbocycles. The molecule has 0 bridgehead atoms. The standard InChI is InChI=1S/C21H17Cl2N3O4/c22-14-2-6-16(7-3-14)29-12-20(28)25-19-10-1-13(11-18(24)27)21(26-19)30-17-8-4-15(23)5-9-17/h1-10H,11-12H2,(H2,24,27)(H,25,26,28). The Labute approximate surface area is 182 Å². The van der Waals surface area contributed by atoms with Gasteiger partial charge in [0, 0.05) is 15.6 Å². The highest BCUT2D eigenvalue weighted by Gasteiger charge is 2.13. The predicted octanol–water partition coefficient (Wildman–Crippen LogP) is 4.23. The van der Waals surface area contributed by atoms with Crippen molar-refractivity contribution in [2.24, 2.45) is 5.73 Å². The van der Waals surface area contributed by atoms with Gasteiger partial charge in [-0.2, -0.15) is 4.98 Å². The van der Waals surface area contributed by atoms with Crippen molar-refractivity contribution in [1.82, 2.24) is 4.98 Å². The summed E-state index contributed by atoms with van der Waals surface area (Å²) in [6.07, 6.45) is -0.0656. The number of nitrogens with two attached hydrogens (primary N) is 1. The van der Waals surface area contributed by atoms with E-state index in [0.717, 1.165) is 0 Å². The number of rotatable bonds is 8. The van der Waals surface area contributed by atoms with E-state index in [1.807, 2.05) is 0 Å². The molecule has 9 heteroatoms. The van der Waals surface area contributed by atoms with Crippen LogP contribution in [0.15, 0.2) is 60.7 Å². The van der Waals surface area contributed by atoms with Crippen LogP contribution in [0, 0.1) is 0 Å². The van der Waals surface area contributed by atoms with Gasteiger partial charge in [0.2, 0.25) is 11.8 Å². The second kappa shape index (κ2) is 9.96. The Hall–Kier alpha value is -3.29. The van der Waals surface area contributed by atoms with E-state index in [0.29, 0.717) is 27.1 Å². The van der Waals surface area contributed by atoms with E-state index in [1.165, 1.54) is 0 Å². The molecule has 0 aliphatic carbocycles. The van der Waals surface area contributed by atoms with Crippen LogP contribution in [0.5, 0.6) is 17.4 Å². The minimum absolute atomic E-state index is 0.0656. The number of anilines is 1. The molecule has 154 valence electrons. The Morgan fingerprint density at radius 1 is 0.900 bits per heavy atom. The van der Waals surface area contributed by atoms with Crippen molar-refractivity contribution in [3.63, 3.8) is 0 Å². The van der Waals surface area contributed by atoms with Gasteiger partial charge < -0.3 is 20.5 Å². The maximum Gasteiger partial charge on any atom is 0.263 e. The molecular weight excluding hydrogens is 429 g/mol. The predicted molar refractivity (Wildman–Crippen MR) is 114 cm³/mol. The fraction of sp³-hybridized carbons (Fsp3) is 0.0952. The van der Waals surface area contributed by atoms with E-state index in [4.69, 9.17) is 38.4 Å². The van der Waals surface area contributed by atoms with Gasteiger partial charge in [0.05, 0.1) is 6.42 Å². The summed E-state index contributed by atoms with van der Waals surface area (Å²) in [7, 11) is 0. The van der Waals surface area contributed by atoms with Gasteiger partial charge in [0.1, 0.15) is 17.3 Å².